The fourth-order valence-electron chi connectivity index (χ4n) is 2.63. The minimum absolute atomic E-state index is 0.379. The summed E-state index contributed by atoms with van der Waals surface area (Å²) in [5, 5.41) is 4.51. The van der Waals surface area contributed by atoms with E-state index in [1.807, 2.05) is 12.1 Å². The van der Waals surface area contributed by atoms with Crippen LogP contribution in [0.15, 0.2) is 24.3 Å². The summed E-state index contributed by atoms with van der Waals surface area (Å²) < 4.78 is 0. The first kappa shape index (κ1) is 12.9. The average Bonchev–Trinajstić information content (AvgIpc) is 2.72. The van der Waals surface area contributed by atoms with Crippen LogP contribution in [0.2, 0.25) is 5.02 Å². The molecule has 0 bridgehead atoms. The van der Waals surface area contributed by atoms with Crippen molar-refractivity contribution in [1.82, 2.24) is 5.32 Å². The Morgan fingerprint density at radius 3 is 2.88 bits per heavy atom. The van der Waals surface area contributed by atoms with Crippen LogP contribution in [0, 0.1) is 0 Å². The second kappa shape index (κ2) is 5.85. The fourth-order valence-corrected chi connectivity index (χ4v) is 2.82. The molecule has 1 fully saturated rings. The monoisotopic (exact) mass is 252 g/mol. The molecule has 0 amide bonds. The van der Waals surface area contributed by atoms with Crippen LogP contribution in [0.25, 0.3) is 0 Å². The maximum Gasteiger partial charge on any atom is 0.0409 e. The molecule has 0 aromatic heterocycles. The van der Waals surface area contributed by atoms with Crippen LogP contribution in [0.5, 0.6) is 0 Å². The predicted molar refractivity (Wildman–Crippen MR) is 73.2 cm³/mol. The molecule has 2 rings (SSSR count). The number of halogens is 1. The van der Waals surface area contributed by atoms with Crippen molar-refractivity contribution in [2.75, 3.05) is 0 Å². The molecule has 3 unspecified atom stereocenters. The highest BCUT2D eigenvalue weighted by atomic mass is 35.5. The third-order valence-electron chi connectivity index (χ3n) is 3.57. The van der Waals surface area contributed by atoms with Gasteiger partial charge in [0, 0.05) is 23.1 Å². The lowest BCUT2D eigenvalue weighted by Gasteiger charge is -2.22. The molecule has 17 heavy (non-hydrogen) atoms. The lowest BCUT2D eigenvalue weighted by atomic mass is 10.0. The van der Waals surface area contributed by atoms with E-state index in [-0.39, 0.29) is 0 Å². The smallest absolute Gasteiger partial charge is 0.0409 e. The molecule has 0 radical (unpaired) electrons. The standard InChI is InChI=1S/C14H21ClN2/c1-2-14(10-4-3-5-11(15)8-10)17-13-7-6-12(16)9-13/h3-5,8,12-14,17H,2,6-7,9,16H2,1H3. The molecular weight excluding hydrogens is 232 g/mol. The Labute approximate surface area is 109 Å². The zero-order valence-corrected chi connectivity index (χ0v) is 11.1. The average molecular weight is 253 g/mol. The van der Waals surface area contributed by atoms with Crippen LogP contribution in [0.1, 0.15) is 44.2 Å². The SMILES string of the molecule is CCC(NC1CCC(N)C1)c1cccc(Cl)c1. The van der Waals surface area contributed by atoms with Gasteiger partial charge in [0.05, 0.1) is 0 Å². The van der Waals surface area contributed by atoms with Gasteiger partial charge < -0.3 is 11.1 Å². The highest BCUT2D eigenvalue weighted by molar-refractivity contribution is 6.30. The second-order valence-corrected chi connectivity index (χ2v) is 5.39. The molecule has 1 saturated carbocycles. The van der Waals surface area contributed by atoms with E-state index in [1.165, 1.54) is 12.0 Å². The molecule has 0 aliphatic heterocycles. The van der Waals surface area contributed by atoms with Gasteiger partial charge in [-0.1, -0.05) is 30.7 Å². The zero-order valence-electron chi connectivity index (χ0n) is 10.3. The highest BCUT2D eigenvalue weighted by Crippen LogP contribution is 2.25. The summed E-state index contributed by atoms with van der Waals surface area (Å²) in [6, 6.07) is 9.47. The Bertz CT molecular complexity index is 367. The van der Waals surface area contributed by atoms with Crippen molar-refractivity contribution in [3.05, 3.63) is 34.9 Å². The zero-order chi connectivity index (χ0) is 12.3. The normalized spacial score (nSPS) is 26.1. The minimum Gasteiger partial charge on any atom is -0.328 e. The van der Waals surface area contributed by atoms with Crippen LogP contribution in [0.4, 0.5) is 0 Å². The van der Waals surface area contributed by atoms with Crippen molar-refractivity contribution in [2.45, 2.75) is 50.7 Å². The predicted octanol–water partition coefficient (Wildman–Crippen LogP) is 3.26. The lowest BCUT2D eigenvalue weighted by molar-refractivity contribution is 0.427. The summed E-state index contributed by atoms with van der Waals surface area (Å²) in [5.41, 5.74) is 7.22. The Morgan fingerprint density at radius 2 is 2.29 bits per heavy atom. The maximum atomic E-state index is 6.04. The van der Waals surface area contributed by atoms with Gasteiger partial charge in [0.1, 0.15) is 0 Å². The first-order chi connectivity index (χ1) is 8.19. The first-order valence-electron chi connectivity index (χ1n) is 6.46. The molecule has 1 aromatic carbocycles. The van der Waals surface area contributed by atoms with Gasteiger partial charge in [-0.05, 0) is 43.4 Å². The largest absolute Gasteiger partial charge is 0.328 e. The van der Waals surface area contributed by atoms with Crippen molar-refractivity contribution < 1.29 is 0 Å². The van der Waals surface area contributed by atoms with E-state index in [0.717, 1.165) is 24.3 Å². The van der Waals surface area contributed by atoms with Gasteiger partial charge in [0.25, 0.3) is 0 Å². The summed E-state index contributed by atoms with van der Waals surface area (Å²) in [4.78, 5) is 0. The molecule has 0 saturated heterocycles. The Balaban J connectivity index is 2.01. The summed E-state index contributed by atoms with van der Waals surface area (Å²) >= 11 is 6.04. The van der Waals surface area contributed by atoms with Crippen LogP contribution in [-0.4, -0.2) is 12.1 Å². The molecule has 1 aromatic rings. The Hall–Kier alpha value is -0.570. The van der Waals surface area contributed by atoms with Crippen molar-refractivity contribution in [2.24, 2.45) is 5.73 Å². The number of hydrogen-bond donors (Lipinski definition) is 2. The van der Waals surface area contributed by atoms with E-state index in [0.29, 0.717) is 18.1 Å². The van der Waals surface area contributed by atoms with E-state index >= 15 is 0 Å². The van der Waals surface area contributed by atoms with Gasteiger partial charge in [-0.2, -0.15) is 0 Å². The molecule has 3 N–H and O–H groups in total. The van der Waals surface area contributed by atoms with Crippen molar-refractivity contribution in [1.29, 1.82) is 0 Å². The molecule has 0 spiro atoms. The van der Waals surface area contributed by atoms with Crippen LogP contribution < -0.4 is 11.1 Å². The number of hydrogen-bond acceptors (Lipinski definition) is 2. The first-order valence-corrected chi connectivity index (χ1v) is 6.84. The molecule has 3 heteroatoms. The Kier molecular flexibility index (Phi) is 4.43. The van der Waals surface area contributed by atoms with E-state index in [2.05, 4.69) is 24.4 Å². The van der Waals surface area contributed by atoms with Crippen molar-refractivity contribution >= 4 is 11.6 Å². The van der Waals surface area contributed by atoms with Crippen LogP contribution in [-0.2, 0) is 0 Å². The summed E-state index contributed by atoms with van der Waals surface area (Å²) in [5.74, 6) is 0. The quantitative estimate of drug-likeness (QED) is 0.863. The summed E-state index contributed by atoms with van der Waals surface area (Å²) in [7, 11) is 0. The number of nitrogens with two attached hydrogens (primary N) is 1. The minimum atomic E-state index is 0.379. The molecule has 1 aliphatic carbocycles. The molecule has 3 atom stereocenters. The van der Waals surface area contributed by atoms with Crippen LogP contribution >= 0.6 is 11.6 Å². The van der Waals surface area contributed by atoms with E-state index < -0.39 is 0 Å². The lowest BCUT2D eigenvalue weighted by Crippen LogP contribution is -2.32. The van der Waals surface area contributed by atoms with Gasteiger partial charge in [-0.25, -0.2) is 0 Å². The number of rotatable bonds is 4. The molecule has 1 aliphatic rings. The molecule has 2 nitrogen and oxygen atoms in total. The number of nitrogens with one attached hydrogen (secondary N) is 1. The van der Waals surface area contributed by atoms with Gasteiger partial charge in [0.2, 0.25) is 0 Å². The fraction of sp³-hybridized carbons (Fsp3) is 0.571. The third kappa shape index (κ3) is 3.44. The molecular formula is C14H21ClN2. The van der Waals surface area contributed by atoms with Gasteiger partial charge in [0.15, 0.2) is 0 Å². The topological polar surface area (TPSA) is 38.0 Å². The third-order valence-corrected chi connectivity index (χ3v) is 3.80. The van der Waals surface area contributed by atoms with Gasteiger partial charge in [-0.15, -0.1) is 0 Å². The van der Waals surface area contributed by atoms with Crippen LogP contribution in [0.3, 0.4) is 0 Å². The van der Waals surface area contributed by atoms with E-state index in [1.54, 1.807) is 0 Å². The molecule has 0 heterocycles. The van der Waals surface area contributed by atoms with E-state index in [4.69, 9.17) is 17.3 Å². The van der Waals surface area contributed by atoms with E-state index in [9.17, 15) is 0 Å². The maximum absolute atomic E-state index is 6.04. The van der Waals surface area contributed by atoms with Crippen molar-refractivity contribution in [3.63, 3.8) is 0 Å². The highest BCUT2D eigenvalue weighted by Gasteiger charge is 2.23. The Morgan fingerprint density at radius 1 is 1.47 bits per heavy atom. The summed E-state index contributed by atoms with van der Waals surface area (Å²) in [6.45, 7) is 2.20. The van der Waals surface area contributed by atoms with Crippen molar-refractivity contribution in [3.8, 4) is 0 Å². The second-order valence-electron chi connectivity index (χ2n) is 4.95. The number of benzene rings is 1. The van der Waals surface area contributed by atoms with Gasteiger partial charge in [-0.3, -0.25) is 0 Å². The summed E-state index contributed by atoms with van der Waals surface area (Å²) in [6.07, 6.45) is 4.50. The molecule has 94 valence electrons. The van der Waals surface area contributed by atoms with Gasteiger partial charge >= 0.3 is 0 Å².